The van der Waals surface area contributed by atoms with Crippen molar-refractivity contribution in [2.24, 2.45) is 0 Å². The third-order valence-electron chi connectivity index (χ3n) is 2.42. The van der Waals surface area contributed by atoms with E-state index in [1.807, 2.05) is 0 Å². The fraction of sp³-hybridized carbons (Fsp3) is 0.455. The predicted molar refractivity (Wildman–Crippen MR) is 51.0 cm³/mol. The fourth-order valence-corrected chi connectivity index (χ4v) is 1.34. The Kier molecular flexibility index (Phi) is 4.11. The Morgan fingerprint density at radius 1 is 0.842 bits per heavy atom. The van der Waals surface area contributed by atoms with Crippen LogP contribution in [0.4, 0.5) is 35.1 Å². The van der Waals surface area contributed by atoms with Crippen LogP contribution >= 0.6 is 0 Å². The van der Waals surface area contributed by atoms with Crippen molar-refractivity contribution in [1.82, 2.24) is 0 Å². The van der Waals surface area contributed by atoms with Gasteiger partial charge in [0, 0.05) is 6.42 Å². The standard InChI is InChI=1S/C11H8F8/c12-8(13)10(16,17)11(18,19)9(14,15)6-7-4-2-1-3-5-7/h1-5,8H,6H2. The maximum Gasteiger partial charge on any atom is 0.378 e. The summed E-state index contributed by atoms with van der Waals surface area (Å²) in [6, 6.07) is 5.87. The van der Waals surface area contributed by atoms with E-state index in [0.29, 0.717) is 0 Å². The normalized spacial score (nSPS) is 13.9. The maximum atomic E-state index is 13.2. The molecule has 0 heterocycles. The van der Waals surface area contributed by atoms with Crippen LogP contribution in [0.3, 0.4) is 0 Å². The summed E-state index contributed by atoms with van der Waals surface area (Å²) in [6.07, 6.45) is -6.65. The van der Waals surface area contributed by atoms with Crippen LogP contribution in [0.25, 0.3) is 0 Å². The van der Waals surface area contributed by atoms with Gasteiger partial charge in [0.05, 0.1) is 0 Å². The summed E-state index contributed by atoms with van der Waals surface area (Å²) in [5, 5.41) is 0. The van der Waals surface area contributed by atoms with E-state index in [4.69, 9.17) is 0 Å². The summed E-state index contributed by atoms with van der Waals surface area (Å²) in [4.78, 5) is 0. The minimum absolute atomic E-state index is 0.364. The van der Waals surface area contributed by atoms with Crippen molar-refractivity contribution in [2.75, 3.05) is 0 Å². The molecule has 0 spiro atoms. The summed E-state index contributed by atoms with van der Waals surface area (Å²) in [5.41, 5.74) is -0.364. The van der Waals surface area contributed by atoms with Gasteiger partial charge in [0.2, 0.25) is 0 Å². The van der Waals surface area contributed by atoms with Crippen LogP contribution in [0.2, 0.25) is 0 Å². The zero-order valence-corrected chi connectivity index (χ0v) is 9.19. The molecule has 0 N–H and O–H groups in total. The largest absolute Gasteiger partial charge is 0.378 e. The molecule has 0 unspecified atom stereocenters. The van der Waals surface area contributed by atoms with Crippen molar-refractivity contribution >= 4 is 0 Å². The van der Waals surface area contributed by atoms with Gasteiger partial charge in [-0.3, -0.25) is 0 Å². The lowest BCUT2D eigenvalue weighted by Crippen LogP contribution is -2.58. The number of hydrogen-bond acceptors (Lipinski definition) is 0. The van der Waals surface area contributed by atoms with Crippen molar-refractivity contribution < 1.29 is 35.1 Å². The van der Waals surface area contributed by atoms with Crippen LogP contribution < -0.4 is 0 Å². The molecule has 0 radical (unpaired) electrons. The van der Waals surface area contributed by atoms with Gasteiger partial charge in [0.1, 0.15) is 0 Å². The van der Waals surface area contributed by atoms with E-state index in [1.54, 1.807) is 0 Å². The van der Waals surface area contributed by atoms with Gasteiger partial charge in [-0.1, -0.05) is 30.3 Å². The Balaban J connectivity index is 3.05. The second-order valence-electron chi connectivity index (χ2n) is 3.86. The summed E-state index contributed by atoms with van der Waals surface area (Å²) in [7, 11) is 0. The topological polar surface area (TPSA) is 0 Å². The third kappa shape index (κ3) is 2.82. The average Bonchev–Trinajstić information content (AvgIpc) is 2.28. The van der Waals surface area contributed by atoms with E-state index in [-0.39, 0.29) is 5.56 Å². The van der Waals surface area contributed by atoms with Gasteiger partial charge in [0.25, 0.3) is 0 Å². The fourth-order valence-electron chi connectivity index (χ4n) is 1.34. The molecule has 0 saturated heterocycles. The van der Waals surface area contributed by atoms with Crippen LogP contribution in [-0.4, -0.2) is 24.2 Å². The smallest absolute Gasteiger partial charge is 0.203 e. The highest BCUT2D eigenvalue weighted by Crippen LogP contribution is 2.49. The van der Waals surface area contributed by atoms with E-state index >= 15 is 0 Å². The molecule has 108 valence electrons. The predicted octanol–water partition coefficient (Wildman–Crippen LogP) is 4.40. The highest BCUT2D eigenvalue weighted by Gasteiger charge is 2.74. The number of hydrogen-bond donors (Lipinski definition) is 0. The van der Waals surface area contributed by atoms with E-state index in [0.717, 1.165) is 12.1 Å². The highest BCUT2D eigenvalue weighted by molar-refractivity contribution is 5.18. The second-order valence-corrected chi connectivity index (χ2v) is 3.86. The Morgan fingerprint density at radius 3 is 1.74 bits per heavy atom. The Bertz CT molecular complexity index is 412. The van der Waals surface area contributed by atoms with Gasteiger partial charge in [-0.2, -0.15) is 26.3 Å². The third-order valence-corrected chi connectivity index (χ3v) is 2.42. The number of alkyl halides is 8. The second kappa shape index (κ2) is 4.97. The summed E-state index contributed by atoms with van der Waals surface area (Å²) in [5.74, 6) is -17.6. The molecular weight excluding hydrogens is 284 g/mol. The lowest BCUT2D eigenvalue weighted by molar-refractivity contribution is -0.337. The molecule has 1 rings (SSSR count). The van der Waals surface area contributed by atoms with Crippen molar-refractivity contribution in [2.45, 2.75) is 30.6 Å². The van der Waals surface area contributed by atoms with Crippen LogP contribution in [0.1, 0.15) is 5.56 Å². The Hall–Kier alpha value is -1.34. The molecule has 0 fully saturated rings. The molecule has 0 nitrogen and oxygen atoms in total. The molecule has 0 aliphatic rings. The summed E-state index contributed by atoms with van der Waals surface area (Å²) >= 11 is 0. The molecule has 0 bridgehead atoms. The van der Waals surface area contributed by atoms with Gasteiger partial charge in [0.15, 0.2) is 0 Å². The van der Waals surface area contributed by atoms with E-state index in [9.17, 15) is 35.1 Å². The molecule has 19 heavy (non-hydrogen) atoms. The lowest BCUT2D eigenvalue weighted by Gasteiger charge is -2.32. The van der Waals surface area contributed by atoms with Gasteiger partial charge in [-0.05, 0) is 5.56 Å². The average molecular weight is 292 g/mol. The van der Waals surface area contributed by atoms with E-state index < -0.39 is 30.6 Å². The molecule has 8 heteroatoms. The highest BCUT2D eigenvalue weighted by atomic mass is 19.4. The monoisotopic (exact) mass is 292 g/mol. The quantitative estimate of drug-likeness (QED) is 0.706. The molecule has 0 aliphatic heterocycles. The first kappa shape index (κ1) is 15.7. The van der Waals surface area contributed by atoms with Crippen LogP contribution in [-0.2, 0) is 6.42 Å². The lowest BCUT2D eigenvalue weighted by atomic mass is 9.97. The molecule has 0 aliphatic carbocycles. The molecular formula is C11H8F8. The minimum atomic E-state index is -6.15. The zero-order chi connectivity index (χ0) is 14.9. The number of halogens is 8. The number of rotatable bonds is 5. The Labute approximate surface area is 103 Å². The first-order valence-electron chi connectivity index (χ1n) is 4.98. The van der Waals surface area contributed by atoms with Gasteiger partial charge in [-0.25, -0.2) is 8.78 Å². The van der Waals surface area contributed by atoms with Crippen molar-refractivity contribution in [3.8, 4) is 0 Å². The first-order chi connectivity index (χ1) is 8.52. The maximum absolute atomic E-state index is 13.2. The van der Waals surface area contributed by atoms with E-state index in [1.165, 1.54) is 18.2 Å². The molecule has 1 aromatic rings. The Morgan fingerprint density at radius 2 is 1.32 bits per heavy atom. The number of benzene rings is 1. The van der Waals surface area contributed by atoms with Gasteiger partial charge < -0.3 is 0 Å². The van der Waals surface area contributed by atoms with Gasteiger partial charge in [-0.15, -0.1) is 0 Å². The van der Waals surface area contributed by atoms with Crippen LogP contribution in [0.5, 0.6) is 0 Å². The van der Waals surface area contributed by atoms with Crippen molar-refractivity contribution in [1.29, 1.82) is 0 Å². The molecule has 0 amide bonds. The van der Waals surface area contributed by atoms with Crippen molar-refractivity contribution in [3.05, 3.63) is 35.9 Å². The molecule has 1 aromatic carbocycles. The van der Waals surface area contributed by atoms with Gasteiger partial charge >= 0.3 is 24.2 Å². The van der Waals surface area contributed by atoms with Crippen LogP contribution in [0.15, 0.2) is 30.3 Å². The van der Waals surface area contributed by atoms with E-state index in [2.05, 4.69) is 0 Å². The summed E-state index contributed by atoms with van der Waals surface area (Å²) < 4.78 is 101. The molecule has 0 aromatic heterocycles. The zero-order valence-electron chi connectivity index (χ0n) is 9.19. The first-order valence-corrected chi connectivity index (χ1v) is 4.98. The van der Waals surface area contributed by atoms with Crippen molar-refractivity contribution in [3.63, 3.8) is 0 Å². The SMILES string of the molecule is FC(F)C(F)(F)C(F)(F)C(F)(F)Cc1ccccc1. The molecule has 0 atom stereocenters. The summed E-state index contributed by atoms with van der Waals surface area (Å²) in [6.45, 7) is 0. The van der Waals surface area contributed by atoms with Crippen LogP contribution in [0, 0.1) is 0 Å². The molecule has 0 saturated carbocycles. The minimum Gasteiger partial charge on any atom is -0.203 e.